The molecule has 0 bridgehead atoms. The number of aromatic hydroxyl groups is 1. The third kappa shape index (κ3) is 5.18. The standard InChI is InChI=1S/C13H17ClN2O3/c1-13(2,3)16-11(18)7-15-12(19)9-5-4-8(14)6-10(9)17/h4-6,17H,7H2,1-3H3,(H,15,19)(H,16,18). The highest BCUT2D eigenvalue weighted by molar-refractivity contribution is 6.30. The van der Waals surface area contributed by atoms with Crippen molar-refractivity contribution >= 4 is 23.4 Å². The Morgan fingerprint density at radius 3 is 2.47 bits per heavy atom. The van der Waals surface area contributed by atoms with E-state index in [4.69, 9.17) is 11.6 Å². The van der Waals surface area contributed by atoms with Gasteiger partial charge in [-0.2, -0.15) is 0 Å². The van der Waals surface area contributed by atoms with Crippen LogP contribution < -0.4 is 10.6 Å². The quantitative estimate of drug-likeness (QED) is 0.790. The molecule has 2 amide bonds. The molecule has 0 aromatic heterocycles. The predicted octanol–water partition coefficient (Wildman–Crippen LogP) is 1.69. The average molecular weight is 285 g/mol. The first-order valence-electron chi connectivity index (χ1n) is 5.77. The van der Waals surface area contributed by atoms with E-state index in [2.05, 4.69) is 10.6 Å². The van der Waals surface area contributed by atoms with Crippen LogP contribution in [0.25, 0.3) is 0 Å². The van der Waals surface area contributed by atoms with E-state index in [0.29, 0.717) is 5.02 Å². The smallest absolute Gasteiger partial charge is 0.255 e. The maximum absolute atomic E-state index is 11.8. The summed E-state index contributed by atoms with van der Waals surface area (Å²) in [7, 11) is 0. The molecule has 5 nitrogen and oxygen atoms in total. The van der Waals surface area contributed by atoms with Crippen molar-refractivity contribution < 1.29 is 14.7 Å². The zero-order valence-corrected chi connectivity index (χ0v) is 11.8. The highest BCUT2D eigenvalue weighted by Crippen LogP contribution is 2.21. The molecule has 0 saturated heterocycles. The second-order valence-corrected chi connectivity index (χ2v) is 5.58. The van der Waals surface area contributed by atoms with E-state index in [0.717, 1.165) is 0 Å². The Kier molecular flexibility index (Phi) is 4.78. The van der Waals surface area contributed by atoms with E-state index in [1.165, 1.54) is 18.2 Å². The summed E-state index contributed by atoms with van der Waals surface area (Å²) in [5.41, 5.74) is -0.280. The lowest BCUT2D eigenvalue weighted by Crippen LogP contribution is -2.45. The molecule has 1 aromatic carbocycles. The molecular weight excluding hydrogens is 268 g/mol. The third-order valence-corrected chi connectivity index (χ3v) is 2.36. The van der Waals surface area contributed by atoms with Crippen LogP contribution in [0, 0.1) is 0 Å². The molecule has 19 heavy (non-hydrogen) atoms. The summed E-state index contributed by atoms with van der Waals surface area (Å²) in [4.78, 5) is 23.3. The van der Waals surface area contributed by atoms with Crippen molar-refractivity contribution in [3.63, 3.8) is 0 Å². The Morgan fingerprint density at radius 1 is 1.32 bits per heavy atom. The van der Waals surface area contributed by atoms with Gasteiger partial charge in [0.15, 0.2) is 0 Å². The summed E-state index contributed by atoms with van der Waals surface area (Å²) < 4.78 is 0. The number of hydrogen-bond acceptors (Lipinski definition) is 3. The zero-order chi connectivity index (χ0) is 14.6. The maximum Gasteiger partial charge on any atom is 0.255 e. The van der Waals surface area contributed by atoms with Gasteiger partial charge in [0, 0.05) is 10.6 Å². The molecule has 0 saturated carbocycles. The Bertz CT molecular complexity index is 495. The van der Waals surface area contributed by atoms with E-state index in [-0.39, 0.29) is 29.3 Å². The Labute approximate surface area is 117 Å². The largest absolute Gasteiger partial charge is 0.507 e. The molecule has 0 aliphatic heterocycles. The van der Waals surface area contributed by atoms with Gasteiger partial charge in [0.25, 0.3) is 5.91 Å². The van der Waals surface area contributed by atoms with Gasteiger partial charge < -0.3 is 15.7 Å². The highest BCUT2D eigenvalue weighted by atomic mass is 35.5. The van der Waals surface area contributed by atoms with Crippen LogP contribution in [0.3, 0.4) is 0 Å². The van der Waals surface area contributed by atoms with Crippen molar-refractivity contribution in [3.05, 3.63) is 28.8 Å². The molecule has 0 radical (unpaired) electrons. The summed E-state index contributed by atoms with van der Waals surface area (Å²) in [5.74, 6) is -1.05. The van der Waals surface area contributed by atoms with Crippen molar-refractivity contribution in [2.45, 2.75) is 26.3 Å². The molecule has 6 heteroatoms. The molecule has 0 atom stereocenters. The van der Waals surface area contributed by atoms with Gasteiger partial charge in [0.2, 0.25) is 5.91 Å². The molecule has 0 aliphatic carbocycles. The number of phenols is 1. The van der Waals surface area contributed by atoms with Crippen molar-refractivity contribution in [1.29, 1.82) is 0 Å². The number of amides is 2. The fourth-order valence-electron chi connectivity index (χ4n) is 1.42. The van der Waals surface area contributed by atoms with Gasteiger partial charge in [-0.05, 0) is 39.0 Å². The van der Waals surface area contributed by atoms with Crippen LogP contribution in [0.2, 0.25) is 5.02 Å². The SMILES string of the molecule is CC(C)(C)NC(=O)CNC(=O)c1ccc(Cl)cc1O. The van der Waals surface area contributed by atoms with Crippen LogP contribution in [0.1, 0.15) is 31.1 Å². The van der Waals surface area contributed by atoms with E-state index in [1.54, 1.807) is 0 Å². The molecule has 1 rings (SSSR count). The third-order valence-electron chi connectivity index (χ3n) is 2.13. The minimum atomic E-state index is -0.529. The molecule has 0 aliphatic rings. The lowest BCUT2D eigenvalue weighted by atomic mass is 10.1. The maximum atomic E-state index is 11.8. The van der Waals surface area contributed by atoms with Crippen LogP contribution in [0.5, 0.6) is 5.75 Å². The van der Waals surface area contributed by atoms with Gasteiger partial charge in [-0.1, -0.05) is 11.6 Å². The van der Waals surface area contributed by atoms with Gasteiger partial charge in [0.1, 0.15) is 5.75 Å². The lowest BCUT2D eigenvalue weighted by molar-refractivity contribution is -0.121. The van der Waals surface area contributed by atoms with Gasteiger partial charge >= 0.3 is 0 Å². The first kappa shape index (κ1) is 15.3. The van der Waals surface area contributed by atoms with Crippen LogP contribution in [0.15, 0.2) is 18.2 Å². The molecule has 1 aromatic rings. The Hall–Kier alpha value is -1.75. The number of carbonyl (C=O) groups is 2. The van der Waals surface area contributed by atoms with Crippen LogP contribution >= 0.6 is 11.6 Å². The first-order valence-corrected chi connectivity index (χ1v) is 6.14. The number of carbonyl (C=O) groups excluding carboxylic acids is 2. The number of halogens is 1. The van der Waals surface area contributed by atoms with Crippen molar-refractivity contribution in [3.8, 4) is 5.75 Å². The average Bonchev–Trinajstić information content (AvgIpc) is 2.23. The summed E-state index contributed by atoms with van der Waals surface area (Å²) in [5, 5.41) is 15.0. The van der Waals surface area contributed by atoms with E-state index >= 15 is 0 Å². The highest BCUT2D eigenvalue weighted by Gasteiger charge is 2.16. The van der Waals surface area contributed by atoms with Gasteiger partial charge in [-0.15, -0.1) is 0 Å². The Morgan fingerprint density at radius 2 is 1.95 bits per heavy atom. The molecule has 0 heterocycles. The van der Waals surface area contributed by atoms with Gasteiger partial charge in [0.05, 0.1) is 12.1 Å². The first-order chi connectivity index (χ1) is 8.69. The van der Waals surface area contributed by atoms with Crippen molar-refractivity contribution in [2.24, 2.45) is 0 Å². The second-order valence-electron chi connectivity index (χ2n) is 5.14. The van der Waals surface area contributed by atoms with Crippen LogP contribution in [-0.2, 0) is 4.79 Å². The molecule has 0 unspecified atom stereocenters. The Balaban J connectivity index is 2.59. The number of rotatable bonds is 3. The van der Waals surface area contributed by atoms with E-state index in [1.807, 2.05) is 20.8 Å². The van der Waals surface area contributed by atoms with Crippen molar-refractivity contribution in [1.82, 2.24) is 10.6 Å². The van der Waals surface area contributed by atoms with Crippen LogP contribution in [-0.4, -0.2) is 29.0 Å². The predicted molar refractivity (Wildman–Crippen MR) is 73.3 cm³/mol. The minimum Gasteiger partial charge on any atom is -0.507 e. The summed E-state index contributed by atoms with van der Waals surface area (Å²) in [6.45, 7) is 5.38. The number of benzene rings is 1. The zero-order valence-electron chi connectivity index (χ0n) is 11.1. The van der Waals surface area contributed by atoms with E-state index in [9.17, 15) is 14.7 Å². The van der Waals surface area contributed by atoms with Crippen LogP contribution in [0.4, 0.5) is 0 Å². The second kappa shape index (κ2) is 5.93. The monoisotopic (exact) mass is 284 g/mol. The summed E-state index contributed by atoms with van der Waals surface area (Å²) in [6, 6.07) is 4.16. The molecule has 3 N–H and O–H groups in total. The summed E-state index contributed by atoms with van der Waals surface area (Å²) in [6.07, 6.45) is 0. The fraction of sp³-hybridized carbons (Fsp3) is 0.385. The normalized spacial score (nSPS) is 10.9. The van der Waals surface area contributed by atoms with Crippen molar-refractivity contribution in [2.75, 3.05) is 6.54 Å². The van der Waals surface area contributed by atoms with Gasteiger partial charge in [-0.3, -0.25) is 9.59 Å². The molecular formula is C13H17ClN2O3. The molecule has 104 valence electrons. The topological polar surface area (TPSA) is 78.4 Å². The fourth-order valence-corrected chi connectivity index (χ4v) is 1.58. The minimum absolute atomic E-state index is 0.0768. The lowest BCUT2D eigenvalue weighted by Gasteiger charge is -2.20. The number of hydrogen-bond donors (Lipinski definition) is 3. The number of nitrogens with one attached hydrogen (secondary N) is 2. The van der Waals surface area contributed by atoms with E-state index < -0.39 is 5.91 Å². The summed E-state index contributed by atoms with van der Waals surface area (Å²) >= 11 is 5.67. The molecule has 0 spiro atoms. The van der Waals surface area contributed by atoms with Gasteiger partial charge in [-0.25, -0.2) is 0 Å². The molecule has 0 fully saturated rings. The number of phenolic OH excluding ortho intramolecular Hbond substituents is 1.